The second-order valence-corrected chi connectivity index (χ2v) is 3.77. The second kappa shape index (κ2) is 3.23. The van der Waals surface area contributed by atoms with E-state index in [1.807, 2.05) is 0 Å². The van der Waals surface area contributed by atoms with Crippen molar-refractivity contribution in [2.75, 3.05) is 0 Å². The van der Waals surface area contributed by atoms with Crippen LogP contribution in [0.5, 0.6) is 0 Å². The molecule has 2 bridgehead atoms. The molecule has 12 heavy (non-hydrogen) atoms. The molecular formula is C8H14ClNO2. The molecule has 2 aliphatic rings. The topological polar surface area (TPSA) is 63.3 Å². The van der Waals surface area contributed by atoms with Crippen molar-refractivity contribution in [1.29, 1.82) is 0 Å². The summed E-state index contributed by atoms with van der Waals surface area (Å²) in [4.78, 5) is 10.7. The molecule has 0 amide bonds. The van der Waals surface area contributed by atoms with E-state index in [2.05, 4.69) is 0 Å². The Kier molecular flexibility index (Phi) is 2.64. The lowest BCUT2D eigenvalue weighted by Gasteiger charge is -2.23. The van der Waals surface area contributed by atoms with Crippen molar-refractivity contribution >= 4 is 18.4 Å². The number of rotatable bonds is 1. The maximum atomic E-state index is 10.7. The van der Waals surface area contributed by atoms with E-state index in [0.29, 0.717) is 11.8 Å². The molecule has 4 atom stereocenters. The molecule has 0 aromatic heterocycles. The predicted octanol–water partition coefficient (Wildman–Crippen LogP) is 0.866. The molecule has 0 aliphatic heterocycles. The highest BCUT2D eigenvalue weighted by atomic mass is 35.5. The number of nitrogens with two attached hydrogens (primary N) is 1. The van der Waals surface area contributed by atoms with Gasteiger partial charge in [0.05, 0.1) is 5.92 Å². The van der Waals surface area contributed by atoms with Gasteiger partial charge in [0.2, 0.25) is 0 Å². The minimum atomic E-state index is -0.690. The monoisotopic (exact) mass is 191 g/mol. The third kappa shape index (κ3) is 1.21. The lowest BCUT2D eigenvalue weighted by molar-refractivity contribution is -0.144. The number of halogens is 1. The van der Waals surface area contributed by atoms with E-state index in [9.17, 15) is 4.79 Å². The quantitative estimate of drug-likeness (QED) is 0.647. The van der Waals surface area contributed by atoms with Crippen molar-refractivity contribution in [3.05, 3.63) is 0 Å². The molecular weight excluding hydrogens is 178 g/mol. The predicted molar refractivity (Wildman–Crippen MR) is 47.2 cm³/mol. The number of hydrogen-bond donors (Lipinski definition) is 2. The van der Waals surface area contributed by atoms with Gasteiger partial charge in [-0.05, 0) is 31.1 Å². The van der Waals surface area contributed by atoms with Crippen LogP contribution >= 0.6 is 12.4 Å². The van der Waals surface area contributed by atoms with Gasteiger partial charge >= 0.3 is 5.97 Å². The third-order valence-corrected chi connectivity index (χ3v) is 3.27. The maximum absolute atomic E-state index is 10.7. The van der Waals surface area contributed by atoms with Crippen molar-refractivity contribution in [3.8, 4) is 0 Å². The van der Waals surface area contributed by atoms with Gasteiger partial charge in [-0.2, -0.15) is 0 Å². The lowest BCUT2D eigenvalue weighted by atomic mass is 9.85. The molecule has 70 valence electrons. The van der Waals surface area contributed by atoms with E-state index in [1.54, 1.807) is 0 Å². The molecule has 3 nitrogen and oxygen atoms in total. The molecule has 0 aromatic carbocycles. The van der Waals surface area contributed by atoms with E-state index in [1.165, 1.54) is 0 Å². The Hall–Kier alpha value is -0.280. The summed E-state index contributed by atoms with van der Waals surface area (Å²) in [6.07, 6.45) is 3.28. The molecule has 1 unspecified atom stereocenters. The van der Waals surface area contributed by atoms with Gasteiger partial charge in [0.1, 0.15) is 0 Å². The molecule has 2 aliphatic carbocycles. The highest BCUT2D eigenvalue weighted by Crippen LogP contribution is 2.47. The molecule has 2 rings (SSSR count). The van der Waals surface area contributed by atoms with Crippen molar-refractivity contribution in [3.63, 3.8) is 0 Å². The Labute approximate surface area is 77.7 Å². The SMILES string of the molecule is Cl.N[C@H]1C(C(=O)O)[C@H]2CC[C@@H]1C2. The Morgan fingerprint density at radius 1 is 1.33 bits per heavy atom. The van der Waals surface area contributed by atoms with E-state index in [-0.39, 0.29) is 24.4 Å². The van der Waals surface area contributed by atoms with Crippen LogP contribution in [0, 0.1) is 17.8 Å². The van der Waals surface area contributed by atoms with E-state index in [4.69, 9.17) is 10.8 Å². The van der Waals surface area contributed by atoms with Gasteiger partial charge in [-0.3, -0.25) is 4.79 Å². The second-order valence-electron chi connectivity index (χ2n) is 3.77. The fourth-order valence-corrected chi connectivity index (χ4v) is 2.70. The zero-order valence-corrected chi connectivity index (χ0v) is 7.59. The van der Waals surface area contributed by atoms with Crippen LogP contribution in [0.1, 0.15) is 19.3 Å². The summed E-state index contributed by atoms with van der Waals surface area (Å²) in [7, 11) is 0. The number of carboxylic acid groups (broad SMARTS) is 1. The van der Waals surface area contributed by atoms with E-state index in [0.717, 1.165) is 19.3 Å². The first-order valence-electron chi connectivity index (χ1n) is 4.18. The van der Waals surface area contributed by atoms with Gasteiger partial charge in [0.25, 0.3) is 0 Å². The Morgan fingerprint density at radius 2 is 1.92 bits per heavy atom. The van der Waals surface area contributed by atoms with Crippen molar-refractivity contribution in [2.45, 2.75) is 25.3 Å². The Balaban J connectivity index is 0.000000720. The highest BCUT2D eigenvalue weighted by molar-refractivity contribution is 5.85. The molecule has 2 fully saturated rings. The fraction of sp³-hybridized carbons (Fsp3) is 0.875. The molecule has 0 heterocycles. The van der Waals surface area contributed by atoms with Crippen molar-refractivity contribution in [2.24, 2.45) is 23.5 Å². The average molecular weight is 192 g/mol. The normalized spacial score (nSPS) is 44.1. The summed E-state index contributed by atoms with van der Waals surface area (Å²) in [5, 5.41) is 8.83. The molecule has 0 radical (unpaired) electrons. The molecule has 0 aromatic rings. The van der Waals surface area contributed by atoms with Crippen LogP contribution in [0.2, 0.25) is 0 Å². The van der Waals surface area contributed by atoms with Gasteiger partial charge in [0.15, 0.2) is 0 Å². The average Bonchev–Trinajstić information content (AvgIpc) is 2.44. The zero-order valence-electron chi connectivity index (χ0n) is 6.77. The first-order chi connectivity index (χ1) is 5.20. The summed E-state index contributed by atoms with van der Waals surface area (Å²) in [5.41, 5.74) is 5.78. The number of carbonyl (C=O) groups is 1. The molecule has 0 spiro atoms. The van der Waals surface area contributed by atoms with Crippen molar-refractivity contribution < 1.29 is 9.90 Å². The van der Waals surface area contributed by atoms with Crippen LogP contribution in [0.15, 0.2) is 0 Å². The summed E-state index contributed by atoms with van der Waals surface area (Å²) < 4.78 is 0. The lowest BCUT2D eigenvalue weighted by Crippen LogP contribution is -2.40. The number of aliphatic carboxylic acids is 1. The highest BCUT2D eigenvalue weighted by Gasteiger charge is 2.49. The third-order valence-electron chi connectivity index (χ3n) is 3.27. The minimum absolute atomic E-state index is 0. The summed E-state index contributed by atoms with van der Waals surface area (Å²) in [6, 6.07) is -0.0637. The molecule has 0 saturated heterocycles. The van der Waals surface area contributed by atoms with Crippen LogP contribution < -0.4 is 5.73 Å². The van der Waals surface area contributed by atoms with Crippen LogP contribution in [-0.2, 0) is 4.79 Å². The van der Waals surface area contributed by atoms with Gasteiger partial charge in [0, 0.05) is 6.04 Å². The van der Waals surface area contributed by atoms with Gasteiger partial charge < -0.3 is 10.8 Å². The standard InChI is InChI=1S/C8H13NO2.ClH/c9-7-5-2-1-4(3-5)6(7)8(10)11;/h4-7H,1-3,9H2,(H,10,11);1H/t4-,5+,6?,7+;/m0./s1. The van der Waals surface area contributed by atoms with Gasteiger partial charge in [-0.15, -0.1) is 12.4 Å². The number of fused-ring (bicyclic) bond motifs is 2. The van der Waals surface area contributed by atoms with Crippen molar-refractivity contribution in [1.82, 2.24) is 0 Å². The van der Waals surface area contributed by atoms with Crippen LogP contribution in [0.25, 0.3) is 0 Å². The van der Waals surface area contributed by atoms with Gasteiger partial charge in [-0.1, -0.05) is 0 Å². The van der Waals surface area contributed by atoms with Gasteiger partial charge in [-0.25, -0.2) is 0 Å². The van der Waals surface area contributed by atoms with E-state index >= 15 is 0 Å². The van der Waals surface area contributed by atoms with E-state index < -0.39 is 5.97 Å². The van der Waals surface area contributed by atoms with Crippen LogP contribution in [0.3, 0.4) is 0 Å². The molecule has 3 N–H and O–H groups in total. The summed E-state index contributed by atoms with van der Waals surface area (Å²) in [6.45, 7) is 0. The molecule has 2 saturated carbocycles. The minimum Gasteiger partial charge on any atom is -0.481 e. The summed E-state index contributed by atoms with van der Waals surface area (Å²) >= 11 is 0. The Morgan fingerprint density at radius 3 is 2.25 bits per heavy atom. The molecule has 4 heteroatoms. The largest absolute Gasteiger partial charge is 0.481 e. The smallest absolute Gasteiger partial charge is 0.308 e. The summed E-state index contributed by atoms with van der Waals surface area (Å²) in [5.74, 6) is -0.0490. The van der Waals surface area contributed by atoms with Crippen LogP contribution in [0.4, 0.5) is 0 Å². The Bertz CT molecular complexity index is 195. The zero-order chi connectivity index (χ0) is 8.01. The number of hydrogen-bond acceptors (Lipinski definition) is 2. The fourth-order valence-electron chi connectivity index (χ4n) is 2.70. The first-order valence-corrected chi connectivity index (χ1v) is 4.18. The maximum Gasteiger partial charge on any atom is 0.308 e. The van der Waals surface area contributed by atoms with Crippen LogP contribution in [-0.4, -0.2) is 17.1 Å². The first kappa shape index (κ1) is 9.81. The number of carboxylic acids is 1.